The number of carbonyl (C=O) groups is 2. The zero-order valence-electron chi connectivity index (χ0n) is 11.5. The maximum atomic E-state index is 11.5. The van der Waals surface area contributed by atoms with Crippen LogP contribution >= 0.6 is 23.2 Å². The Labute approximate surface area is 133 Å². The molecule has 5 nitrogen and oxygen atoms in total. The Balaban J connectivity index is 2.00. The first-order valence-electron chi connectivity index (χ1n) is 6.60. The van der Waals surface area contributed by atoms with Crippen LogP contribution < -0.4 is 15.4 Å². The molecular weight excluding hydrogens is 315 g/mol. The van der Waals surface area contributed by atoms with E-state index in [9.17, 15) is 9.59 Å². The average Bonchev–Trinajstić information content (AvgIpc) is 2.49. The van der Waals surface area contributed by atoms with E-state index in [-0.39, 0.29) is 5.91 Å². The largest absolute Gasteiger partial charge is 0.494 e. The Bertz CT molecular complexity index is 441. The SMILES string of the molecule is O=C(CCCOc1ccccc1)NCCNC(=O)C(Cl)Cl. The smallest absolute Gasteiger partial charge is 0.253 e. The number of benzene rings is 1. The van der Waals surface area contributed by atoms with Gasteiger partial charge in [-0.25, -0.2) is 0 Å². The first kappa shape index (κ1) is 17.6. The molecule has 0 aliphatic carbocycles. The fourth-order valence-electron chi connectivity index (χ4n) is 1.49. The van der Waals surface area contributed by atoms with Crippen molar-refractivity contribution >= 4 is 35.0 Å². The molecule has 0 aliphatic heterocycles. The minimum absolute atomic E-state index is 0.0887. The summed E-state index contributed by atoms with van der Waals surface area (Å²) in [5, 5.41) is 5.16. The third kappa shape index (κ3) is 8.42. The van der Waals surface area contributed by atoms with Crippen molar-refractivity contribution in [2.24, 2.45) is 0 Å². The van der Waals surface area contributed by atoms with E-state index < -0.39 is 10.7 Å². The maximum absolute atomic E-state index is 11.5. The van der Waals surface area contributed by atoms with E-state index in [2.05, 4.69) is 10.6 Å². The van der Waals surface area contributed by atoms with E-state index in [1.807, 2.05) is 30.3 Å². The molecule has 0 fully saturated rings. The molecule has 7 heteroatoms. The molecule has 0 bridgehead atoms. The molecule has 0 heterocycles. The van der Waals surface area contributed by atoms with Gasteiger partial charge in [0.15, 0.2) is 4.84 Å². The molecule has 1 rings (SSSR count). The number of rotatable bonds is 9. The van der Waals surface area contributed by atoms with Gasteiger partial charge in [0.05, 0.1) is 6.61 Å². The van der Waals surface area contributed by atoms with Crippen LogP contribution in [0.4, 0.5) is 0 Å². The quantitative estimate of drug-likeness (QED) is 0.536. The van der Waals surface area contributed by atoms with Gasteiger partial charge in [0.1, 0.15) is 5.75 Å². The number of amides is 2. The fourth-order valence-corrected chi connectivity index (χ4v) is 1.65. The lowest BCUT2D eigenvalue weighted by Gasteiger charge is -2.08. The highest BCUT2D eigenvalue weighted by atomic mass is 35.5. The first-order chi connectivity index (χ1) is 10.1. The summed E-state index contributed by atoms with van der Waals surface area (Å²) in [7, 11) is 0. The second-order valence-electron chi connectivity index (χ2n) is 4.21. The molecule has 21 heavy (non-hydrogen) atoms. The molecule has 0 unspecified atom stereocenters. The van der Waals surface area contributed by atoms with Crippen LogP contribution in [0.25, 0.3) is 0 Å². The van der Waals surface area contributed by atoms with Crippen molar-refractivity contribution in [1.82, 2.24) is 10.6 Å². The van der Waals surface area contributed by atoms with Crippen LogP contribution in [0.15, 0.2) is 30.3 Å². The van der Waals surface area contributed by atoms with E-state index >= 15 is 0 Å². The molecule has 2 N–H and O–H groups in total. The van der Waals surface area contributed by atoms with E-state index in [0.29, 0.717) is 32.5 Å². The Kier molecular flexibility index (Phi) is 8.62. The molecule has 0 saturated carbocycles. The lowest BCUT2D eigenvalue weighted by molar-refractivity contribution is -0.122. The van der Waals surface area contributed by atoms with Crippen LogP contribution in [0.3, 0.4) is 0 Å². The van der Waals surface area contributed by atoms with E-state index in [1.54, 1.807) is 0 Å². The first-order valence-corrected chi connectivity index (χ1v) is 7.47. The number of carbonyl (C=O) groups excluding carboxylic acids is 2. The standard InChI is InChI=1S/C14H18Cl2N2O3/c15-13(16)14(20)18-9-8-17-12(19)7-4-10-21-11-5-2-1-3-6-11/h1-3,5-6,13H,4,7-10H2,(H,17,19)(H,18,20). The van der Waals surface area contributed by atoms with E-state index in [0.717, 1.165) is 5.75 Å². The van der Waals surface area contributed by atoms with Crippen molar-refractivity contribution in [1.29, 1.82) is 0 Å². The number of hydrogen-bond donors (Lipinski definition) is 2. The van der Waals surface area contributed by atoms with Gasteiger partial charge < -0.3 is 15.4 Å². The van der Waals surface area contributed by atoms with Crippen LogP contribution in [-0.2, 0) is 9.59 Å². The predicted octanol–water partition coefficient (Wildman–Crippen LogP) is 1.88. The zero-order valence-corrected chi connectivity index (χ0v) is 13.0. The van der Waals surface area contributed by atoms with Gasteiger partial charge in [-0.15, -0.1) is 0 Å². The van der Waals surface area contributed by atoms with Crippen LogP contribution in [0.5, 0.6) is 5.75 Å². The van der Waals surface area contributed by atoms with Crippen LogP contribution in [0.1, 0.15) is 12.8 Å². The summed E-state index contributed by atoms with van der Waals surface area (Å²) in [5.41, 5.74) is 0. The molecule has 1 aromatic carbocycles. The summed E-state index contributed by atoms with van der Waals surface area (Å²) in [5.74, 6) is 0.232. The molecule has 1 aromatic rings. The number of halogens is 2. The second kappa shape index (κ2) is 10.3. The van der Waals surface area contributed by atoms with Crippen molar-refractivity contribution < 1.29 is 14.3 Å². The third-order valence-electron chi connectivity index (χ3n) is 2.50. The Morgan fingerprint density at radius 2 is 1.76 bits per heavy atom. The summed E-state index contributed by atoms with van der Waals surface area (Å²) in [6.07, 6.45) is 0.993. The van der Waals surface area contributed by atoms with Crippen LogP contribution in [0, 0.1) is 0 Å². The van der Waals surface area contributed by atoms with Crippen molar-refractivity contribution in [3.05, 3.63) is 30.3 Å². The summed E-state index contributed by atoms with van der Waals surface area (Å²) in [6, 6.07) is 9.43. The highest BCUT2D eigenvalue weighted by Gasteiger charge is 2.09. The molecule has 0 radical (unpaired) electrons. The Morgan fingerprint density at radius 3 is 2.43 bits per heavy atom. The van der Waals surface area contributed by atoms with E-state index in [4.69, 9.17) is 27.9 Å². The highest BCUT2D eigenvalue weighted by Crippen LogP contribution is 2.08. The molecular formula is C14H18Cl2N2O3. The number of para-hydroxylation sites is 1. The van der Waals surface area contributed by atoms with E-state index in [1.165, 1.54) is 0 Å². The number of nitrogens with one attached hydrogen (secondary N) is 2. The molecule has 0 aromatic heterocycles. The summed E-state index contributed by atoms with van der Waals surface area (Å²) >= 11 is 10.7. The molecule has 116 valence electrons. The van der Waals surface area contributed by atoms with Crippen LogP contribution in [0.2, 0.25) is 0 Å². The van der Waals surface area contributed by atoms with Gasteiger partial charge in [-0.05, 0) is 18.6 Å². The summed E-state index contributed by atoms with van der Waals surface area (Å²) in [6.45, 7) is 1.11. The Hall–Kier alpha value is -1.46. The van der Waals surface area contributed by atoms with Gasteiger partial charge in [-0.2, -0.15) is 0 Å². The minimum Gasteiger partial charge on any atom is -0.494 e. The van der Waals surface area contributed by atoms with Crippen molar-refractivity contribution in [3.63, 3.8) is 0 Å². The molecule has 0 saturated heterocycles. The van der Waals surface area contributed by atoms with Crippen molar-refractivity contribution in [3.8, 4) is 5.75 Å². The molecule has 2 amide bonds. The number of alkyl halides is 2. The van der Waals surface area contributed by atoms with Gasteiger partial charge in [0.2, 0.25) is 5.91 Å². The van der Waals surface area contributed by atoms with Gasteiger partial charge in [0, 0.05) is 19.5 Å². The van der Waals surface area contributed by atoms with Crippen molar-refractivity contribution in [2.45, 2.75) is 17.7 Å². The highest BCUT2D eigenvalue weighted by molar-refractivity contribution is 6.53. The van der Waals surface area contributed by atoms with Gasteiger partial charge >= 0.3 is 0 Å². The Morgan fingerprint density at radius 1 is 1.10 bits per heavy atom. The fraction of sp³-hybridized carbons (Fsp3) is 0.429. The van der Waals surface area contributed by atoms with Gasteiger partial charge in [-0.1, -0.05) is 41.4 Å². The predicted molar refractivity (Wildman–Crippen MR) is 82.7 cm³/mol. The topological polar surface area (TPSA) is 67.4 Å². The summed E-state index contributed by atoms with van der Waals surface area (Å²) < 4.78 is 5.47. The molecule has 0 atom stereocenters. The van der Waals surface area contributed by atoms with Crippen molar-refractivity contribution in [2.75, 3.05) is 19.7 Å². The summed E-state index contributed by atoms with van der Waals surface area (Å²) in [4.78, 5) is 21.4. The number of hydrogen-bond acceptors (Lipinski definition) is 3. The minimum atomic E-state index is -1.09. The molecule has 0 spiro atoms. The third-order valence-corrected chi connectivity index (χ3v) is 2.90. The van der Waals surface area contributed by atoms with Gasteiger partial charge in [-0.3, -0.25) is 9.59 Å². The monoisotopic (exact) mass is 332 g/mol. The molecule has 0 aliphatic rings. The normalized spacial score (nSPS) is 10.2. The maximum Gasteiger partial charge on any atom is 0.253 e. The van der Waals surface area contributed by atoms with Crippen LogP contribution in [-0.4, -0.2) is 36.3 Å². The second-order valence-corrected chi connectivity index (χ2v) is 5.30. The average molecular weight is 333 g/mol. The van der Waals surface area contributed by atoms with Gasteiger partial charge in [0.25, 0.3) is 5.91 Å². The lowest BCUT2D eigenvalue weighted by Crippen LogP contribution is -2.36. The number of ether oxygens (including phenoxy) is 1. The lowest BCUT2D eigenvalue weighted by atomic mass is 10.3. The zero-order chi connectivity index (χ0) is 15.5.